The summed E-state index contributed by atoms with van der Waals surface area (Å²) in [5.74, 6) is -0.219. The van der Waals surface area contributed by atoms with Gasteiger partial charge in [-0.2, -0.15) is 0 Å². The summed E-state index contributed by atoms with van der Waals surface area (Å²) in [7, 11) is 0. The van der Waals surface area contributed by atoms with Crippen molar-refractivity contribution in [3.05, 3.63) is 94.4 Å². The Morgan fingerprint density at radius 2 is 1.78 bits per heavy atom. The van der Waals surface area contributed by atoms with Crippen LogP contribution in [0.5, 0.6) is 5.75 Å². The summed E-state index contributed by atoms with van der Waals surface area (Å²) in [6.07, 6.45) is 1.66. The number of rotatable bonds is 7. The first-order valence-electron chi connectivity index (χ1n) is 10.7. The Labute approximate surface area is 245 Å². The minimum Gasteiger partial charge on any atom is -0.487 e. The molecule has 3 amide bonds. The van der Waals surface area contributed by atoms with Gasteiger partial charge in [-0.3, -0.25) is 19.3 Å². The molecule has 1 fully saturated rings. The highest BCUT2D eigenvalue weighted by atomic mass is 127. The molecule has 3 aromatic carbocycles. The molecule has 1 aliphatic heterocycles. The Kier molecular flexibility index (Phi) is 8.96. The maximum absolute atomic E-state index is 12.9. The molecule has 1 aliphatic rings. The van der Waals surface area contributed by atoms with Gasteiger partial charge in [-0.25, -0.2) is 0 Å². The average molecular weight is 745 g/mol. The predicted molar refractivity (Wildman–Crippen MR) is 160 cm³/mol. The van der Waals surface area contributed by atoms with Crippen LogP contribution in [0.4, 0.5) is 10.5 Å². The van der Waals surface area contributed by atoms with E-state index in [-0.39, 0.29) is 11.4 Å². The lowest BCUT2D eigenvalue weighted by atomic mass is 10.2. The van der Waals surface area contributed by atoms with E-state index in [2.05, 4.69) is 50.5 Å². The van der Waals surface area contributed by atoms with Crippen molar-refractivity contribution in [2.24, 2.45) is 0 Å². The minimum absolute atomic E-state index is 0.260. The van der Waals surface area contributed by atoms with Gasteiger partial charge >= 0.3 is 0 Å². The van der Waals surface area contributed by atoms with Crippen LogP contribution in [-0.4, -0.2) is 28.5 Å². The van der Waals surface area contributed by atoms with E-state index in [1.807, 2.05) is 49.4 Å². The summed E-state index contributed by atoms with van der Waals surface area (Å²) in [4.78, 5) is 39.2. The van der Waals surface area contributed by atoms with E-state index in [1.54, 1.807) is 24.3 Å². The highest BCUT2D eigenvalue weighted by Crippen LogP contribution is 2.35. The third-order valence-electron chi connectivity index (χ3n) is 5.19. The monoisotopic (exact) mass is 744 g/mol. The van der Waals surface area contributed by atoms with Gasteiger partial charge in [0, 0.05) is 10.7 Å². The zero-order chi connectivity index (χ0) is 25.8. The standard InChI is InChI=1S/C26H19ClI2N2O4S/c1-15-7-8-18(27)12-21(15)30-23(32)13-31-25(33)22(36-26(31)34)11-17-9-19(28)24(20(29)10-17)35-14-16-5-3-2-4-6-16/h2-12H,13-14H2,1H3,(H,30,32)/b22-11+. The summed E-state index contributed by atoms with van der Waals surface area (Å²) in [6, 6.07) is 18.8. The van der Waals surface area contributed by atoms with E-state index in [4.69, 9.17) is 16.3 Å². The summed E-state index contributed by atoms with van der Waals surface area (Å²) < 4.78 is 7.79. The lowest BCUT2D eigenvalue weighted by molar-refractivity contribution is -0.127. The SMILES string of the molecule is Cc1ccc(Cl)cc1NC(=O)CN1C(=O)S/C(=C/c2cc(I)c(OCc3ccccc3)c(I)c2)C1=O. The molecule has 1 saturated heterocycles. The number of hydrogen-bond acceptors (Lipinski definition) is 5. The van der Waals surface area contributed by atoms with Crippen LogP contribution in [-0.2, 0) is 16.2 Å². The molecule has 0 unspecified atom stereocenters. The van der Waals surface area contributed by atoms with E-state index in [1.165, 1.54) is 0 Å². The average Bonchev–Trinajstić information content (AvgIpc) is 3.08. The number of benzene rings is 3. The number of nitrogens with zero attached hydrogens (tertiary/aromatic N) is 1. The molecule has 1 heterocycles. The molecule has 0 atom stereocenters. The fourth-order valence-corrected chi connectivity index (χ4v) is 6.52. The number of halogens is 3. The third-order valence-corrected chi connectivity index (χ3v) is 7.94. The summed E-state index contributed by atoms with van der Waals surface area (Å²) in [5, 5.41) is 2.70. The van der Waals surface area contributed by atoms with Gasteiger partial charge in [0.1, 0.15) is 18.9 Å². The Morgan fingerprint density at radius 1 is 1.08 bits per heavy atom. The molecule has 6 nitrogen and oxygen atoms in total. The number of hydrogen-bond donors (Lipinski definition) is 1. The maximum Gasteiger partial charge on any atom is 0.294 e. The highest BCUT2D eigenvalue weighted by Gasteiger charge is 2.36. The minimum atomic E-state index is -0.502. The number of aryl methyl sites for hydroxylation is 1. The molecule has 4 rings (SSSR count). The van der Waals surface area contributed by atoms with Gasteiger partial charge in [0.15, 0.2) is 0 Å². The number of ether oxygens (including phenoxy) is 1. The van der Waals surface area contributed by atoms with Crippen LogP contribution in [0.25, 0.3) is 6.08 Å². The van der Waals surface area contributed by atoms with Crippen LogP contribution in [0.15, 0.2) is 65.6 Å². The Hall–Kier alpha value is -2.09. The third kappa shape index (κ3) is 6.61. The van der Waals surface area contributed by atoms with E-state index in [9.17, 15) is 14.4 Å². The lowest BCUT2D eigenvalue weighted by Gasteiger charge is -2.14. The zero-order valence-electron chi connectivity index (χ0n) is 18.9. The molecule has 0 radical (unpaired) electrons. The number of imide groups is 1. The zero-order valence-corrected chi connectivity index (χ0v) is 24.8. The van der Waals surface area contributed by atoms with Crippen molar-refractivity contribution >= 4 is 97.4 Å². The molecule has 1 N–H and O–H groups in total. The second kappa shape index (κ2) is 12.0. The predicted octanol–water partition coefficient (Wildman–Crippen LogP) is 7.11. The smallest absolute Gasteiger partial charge is 0.294 e. The van der Waals surface area contributed by atoms with Crippen LogP contribution in [0, 0.1) is 14.1 Å². The highest BCUT2D eigenvalue weighted by molar-refractivity contribution is 14.1. The number of thioether (sulfide) groups is 1. The van der Waals surface area contributed by atoms with Crippen molar-refractivity contribution in [2.45, 2.75) is 13.5 Å². The second-order valence-corrected chi connectivity index (χ2v) is 11.6. The van der Waals surface area contributed by atoms with Gasteiger partial charge in [-0.05, 0) is 111 Å². The molecule has 10 heteroatoms. The number of nitrogens with one attached hydrogen (secondary N) is 1. The first-order chi connectivity index (χ1) is 17.2. The maximum atomic E-state index is 12.9. The normalized spacial score (nSPS) is 14.4. The Morgan fingerprint density at radius 3 is 2.47 bits per heavy atom. The fraction of sp³-hybridized carbons (Fsp3) is 0.115. The van der Waals surface area contributed by atoms with Crippen molar-refractivity contribution in [1.82, 2.24) is 4.90 Å². The van der Waals surface area contributed by atoms with Crippen LogP contribution < -0.4 is 10.1 Å². The molecule has 3 aromatic rings. The number of amides is 3. The second-order valence-electron chi connectivity index (χ2n) is 7.86. The van der Waals surface area contributed by atoms with E-state index in [0.29, 0.717) is 17.3 Å². The van der Waals surface area contributed by atoms with Gasteiger partial charge in [-0.15, -0.1) is 0 Å². The van der Waals surface area contributed by atoms with Crippen LogP contribution in [0.2, 0.25) is 5.02 Å². The lowest BCUT2D eigenvalue weighted by Crippen LogP contribution is -2.36. The van der Waals surface area contributed by atoms with Crippen molar-refractivity contribution in [3.63, 3.8) is 0 Å². The topological polar surface area (TPSA) is 75.7 Å². The Balaban J connectivity index is 1.45. The van der Waals surface area contributed by atoms with Gasteiger partial charge in [0.05, 0.1) is 12.0 Å². The van der Waals surface area contributed by atoms with Crippen molar-refractivity contribution in [1.29, 1.82) is 0 Å². The molecule has 0 aliphatic carbocycles. The van der Waals surface area contributed by atoms with E-state index < -0.39 is 17.1 Å². The quantitative estimate of drug-likeness (QED) is 0.206. The first-order valence-corrected chi connectivity index (χ1v) is 14.0. The molecular formula is C26H19ClI2N2O4S. The number of carbonyl (C=O) groups is 3. The van der Waals surface area contributed by atoms with Crippen LogP contribution >= 0.6 is 68.5 Å². The van der Waals surface area contributed by atoms with Gasteiger partial charge in [-0.1, -0.05) is 48.0 Å². The summed E-state index contributed by atoms with van der Waals surface area (Å²) >= 11 is 11.2. The van der Waals surface area contributed by atoms with E-state index >= 15 is 0 Å². The largest absolute Gasteiger partial charge is 0.487 e. The van der Waals surface area contributed by atoms with Gasteiger partial charge < -0.3 is 10.1 Å². The summed E-state index contributed by atoms with van der Waals surface area (Å²) in [5.41, 5.74) is 3.19. The fourth-order valence-electron chi connectivity index (χ4n) is 3.38. The van der Waals surface area contributed by atoms with Crippen LogP contribution in [0.1, 0.15) is 16.7 Å². The molecular weight excluding hydrogens is 726 g/mol. The molecule has 0 saturated carbocycles. The van der Waals surface area contributed by atoms with Gasteiger partial charge in [0.25, 0.3) is 11.1 Å². The van der Waals surface area contributed by atoms with Crippen molar-refractivity contribution in [3.8, 4) is 5.75 Å². The Bertz CT molecular complexity index is 1360. The van der Waals surface area contributed by atoms with Crippen LogP contribution in [0.3, 0.4) is 0 Å². The molecule has 0 aromatic heterocycles. The number of carbonyl (C=O) groups excluding carboxylic acids is 3. The molecule has 0 bridgehead atoms. The van der Waals surface area contributed by atoms with E-state index in [0.717, 1.165) is 46.2 Å². The molecule has 184 valence electrons. The first kappa shape index (κ1) is 27.0. The molecule has 0 spiro atoms. The molecule has 36 heavy (non-hydrogen) atoms. The van der Waals surface area contributed by atoms with Gasteiger partial charge in [0.2, 0.25) is 5.91 Å². The number of anilines is 1. The van der Waals surface area contributed by atoms with Crippen molar-refractivity contribution in [2.75, 3.05) is 11.9 Å². The van der Waals surface area contributed by atoms with Crippen molar-refractivity contribution < 1.29 is 19.1 Å². The summed E-state index contributed by atoms with van der Waals surface area (Å²) in [6.45, 7) is 1.90.